The molecule has 0 bridgehead atoms. The zero-order chi connectivity index (χ0) is 12.9. The molecule has 1 aromatic carbocycles. The molecule has 17 heavy (non-hydrogen) atoms. The van der Waals surface area contributed by atoms with E-state index in [1.807, 2.05) is 0 Å². The van der Waals surface area contributed by atoms with Gasteiger partial charge in [0, 0.05) is 6.54 Å². The van der Waals surface area contributed by atoms with Gasteiger partial charge in [-0.25, -0.2) is 13.1 Å². The molecule has 0 aliphatic heterocycles. The average molecular weight is 258 g/mol. The van der Waals surface area contributed by atoms with Crippen LogP contribution in [0.4, 0.5) is 5.69 Å². The van der Waals surface area contributed by atoms with Crippen molar-refractivity contribution in [3.63, 3.8) is 0 Å². The summed E-state index contributed by atoms with van der Waals surface area (Å²) >= 11 is 0. The van der Waals surface area contributed by atoms with Gasteiger partial charge in [-0.15, -0.1) is 0 Å². The Morgan fingerprint density at radius 1 is 1.41 bits per heavy atom. The summed E-state index contributed by atoms with van der Waals surface area (Å²) in [5, 5.41) is 9.05. The largest absolute Gasteiger partial charge is 0.398 e. The second-order valence-corrected chi connectivity index (χ2v) is 5.66. The summed E-state index contributed by atoms with van der Waals surface area (Å²) in [6.07, 6.45) is 0.734. The molecule has 0 saturated heterocycles. The lowest BCUT2D eigenvalue weighted by atomic mass is 10.2. The third kappa shape index (κ3) is 4.33. The van der Waals surface area contributed by atoms with E-state index < -0.39 is 16.1 Å². The van der Waals surface area contributed by atoms with E-state index in [2.05, 4.69) is 4.72 Å². The van der Waals surface area contributed by atoms with Gasteiger partial charge in [-0.05, 0) is 31.9 Å². The van der Waals surface area contributed by atoms with Crippen molar-refractivity contribution in [3.8, 4) is 0 Å². The number of nitrogen functional groups attached to an aromatic ring is 1. The molecule has 1 aromatic rings. The number of aliphatic hydroxyl groups is 1. The highest BCUT2D eigenvalue weighted by Crippen LogP contribution is 2.16. The maximum absolute atomic E-state index is 11.8. The number of sulfonamides is 1. The molecule has 5 nitrogen and oxygen atoms in total. The summed E-state index contributed by atoms with van der Waals surface area (Å²) in [6, 6.07) is 6.32. The lowest BCUT2D eigenvalue weighted by Gasteiger charge is -2.09. The average Bonchev–Trinajstić information content (AvgIpc) is 2.24. The van der Waals surface area contributed by atoms with Crippen molar-refractivity contribution in [3.05, 3.63) is 24.3 Å². The fourth-order valence-electron chi connectivity index (χ4n) is 1.41. The van der Waals surface area contributed by atoms with E-state index in [1.165, 1.54) is 6.07 Å². The summed E-state index contributed by atoms with van der Waals surface area (Å²) in [4.78, 5) is 0.0945. The van der Waals surface area contributed by atoms with Crippen LogP contribution < -0.4 is 10.5 Å². The van der Waals surface area contributed by atoms with Crippen molar-refractivity contribution in [1.82, 2.24) is 4.72 Å². The van der Waals surface area contributed by atoms with E-state index >= 15 is 0 Å². The summed E-state index contributed by atoms with van der Waals surface area (Å²) in [6.45, 7) is 1.96. The molecule has 1 unspecified atom stereocenters. The molecule has 0 fully saturated rings. The van der Waals surface area contributed by atoms with E-state index in [0.29, 0.717) is 19.4 Å². The zero-order valence-electron chi connectivity index (χ0n) is 9.76. The maximum atomic E-state index is 11.8. The smallest absolute Gasteiger partial charge is 0.242 e. The van der Waals surface area contributed by atoms with Gasteiger partial charge >= 0.3 is 0 Å². The van der Waals surface area contributed by atoms with Crippen molar-refractivity contribution in [2.75, 3.05) is 12.3 Å². The van der Waals surface area contributed by atoms with Gasteiger partial charge in [0.15, 0.2) is 0 Å². The zero-order valence-corrected chi connectivity index (χ0v) is 10.6. The van der Waals surface area contributed by atoms with Crippen molar-refractivity contribution < 1.29 is 13.5 Å². The van der Waals surface area contributed by atoms with Gasteiger partial charge in [-0.2, -0.15) is 0 Å². The second-order valence-electron chi connectivity index (χ2n) is 3.93. The number of rotatable bonds is 6. The third-order valence-electron chi connectivity index (χ3n) is 2.30. The van der Waals surface area contributed by atoms with E-state index in [-0.39, 0.29) is 10.6 Å². The Morgan fingerprint density at radius 2 is 2.06 bits per heavy atom. The first kappa shape index (κ1) is 14.0. The van der Waals surface area contributed by atoms with Crippen LogP contribution in [0.3, 0.4) is 0 Å². The summed E-state index contributed by atoms with van der Waals surface area (Å²) in [7, 11) is -3.55. The number of para-hydroxylation sites is 1. The highest BCUT2D eigenvalue weighted by atomic mass is 32.2. The molecule has 0 radical (unpaired) electrons. The highest BCUT2D eigenvalue weighted by molar-refractivity contribution is 7.89. The molecule has 0 aliphatic rings. The van der Waals surface area contributed by atoms with Crippen LogP contribution in [0.25, 0.3) is 0 Å². The molecule has 0 aromatic heterocycles. The number of hydrogen-bond acceptors (Lipinski definition) is 4. The van der Waals surface area contributed by atoms with E-state index in [0.717, 1.165) is 0 Å². The SMILES string of the molecule is CC(O)CCCNS(=O)(=O)c1ccccc1N. The Balaban J connectivity index is 2.61. The van der Waals surface area contributed by atoms with Crippen LogP contribution >= 0.6 is 0 Å². The first-order valence-electron chi connectivity index (χ1n) is 5.45. The predicted octanol–water partition coefficient (Wildman–Crippen LogP) is 0.708. The molecule has 0 heterocycles. The van der Waals surface area contributed by atoms with Crippen LogP contribution in [0.1, 0.15) is 19.8 Å². The number of aliphatic hydroxyl groups excluding tert-OH is 1. The van der Waals surface area contributed by atoms with Gasteiger partial charge in [0.25, 0.3) is 0 Å². The molecule has 0 aliphatic carbocycles. The van der Waals surface area contributed by atoms with Gasteiger partial charge in [0.05, 0.1) is 11.8 Å². The molecular formula is C11H18N2O3S. The molecule has 1 rings (SSSR count). The Morgan fingerprint density at radius 3 is 2.65 bits per heavy atom. The van der Waals surface area contributed by atoms with Gasteiger partial charge in [-0.3, -0.25) is 0 Å². The van der Waals surface area contributed by atoms with Crippen LogP contribution in [-0.4, -0.2) is 26.2 Å². The second kappa shape index (κ2) is 6.00. The third-order valence-corrected chi connectivity index (χ3v) is 3.83. The molecular weight excluding hydrogens is 240 g/mol. The Labute approximate surface area is 102 Å². The van der Waals surface area contributed by atoms with Crippen molar-refractivity contribution in [1.29, 1.82) is 0 Å². The standard InChI is InChI=1S/C11H18N2O3S/c1-9(14)5-4-8-13-17(15,16)11-7-3-2-6-10(11)12/h2-3,6-7,9,13-14H,4-5,8,12H2,1H3. The molecule has 1 atom stereocenters. The number of anilines is 1. The Hall–Kier alpha value is -1.11. The number of hydrogen-bond donors (Lipinski definition) is 3. The monoisotopic (exact) mass is 258 g/mol. The molecule has 0 spiro atoms. The Kier molecular flexibility index (Phi) is 4.92. The minimum absolute atomic E-state index is 0.0945. The fourth-order valence-corrected chi connectivity index (χ4v) is 2.61. The Bertz CT molecular complexity index is 458. The molecule has 0 amide bonds. The van der Waals surface area contributed by atoms with Crippen molar-refractivity contribution >= 4 is 15.7 Å². The lowest BCUT2D eigenvalue weighted by molar-refractivity contribution is 0.182. The normalized spacial score (nSPS) is 13.5. The van der Waals surface area contributed by atoms with Gasteiger partial charge < -0.3 is 10.8 Å². The van der Waals surface area contributed by atoms with Crippen LogP contribution in [0.5, 0.6) is 0 Å². The van der Waals surface area contributed by atoms with Crippen molar-refractivity contribution in [2.24, 2.45) is 0 Å². The molecule has 96 valence electrons. The van der Waals surface area contributed by atoms with Gasteiger partial charge in [0.1, 0.15) is 4.90 Å². The van der Waals surface area contributed by atoms with Crippen LogP contribution in [0.2, 0.25) is 0 Å². The minimum Gasteiger partial charge on any atom is -0.398 e. The lowest BCUT2D eigenvalue weighted by Crippen LogP contribution is -2.26. The molecule has 4 N–H and O–H groups in total. The first-order chi connectivity index (χ1) is 7.93. The first-order valence-corrected chi connectivity index (χ1v) is 6.94. The number of benzene rings is 1. The minimum atomic E-state index is -3.55. The van der Waals surface area contributed by atoms with Crippen LogP contribution in [0.15, 0.2) is 29.2 Å². The summed E-state index contributed by atoms with van der Waals surface area (Å²) in [5.41, 5.74) is 5.83. The molecule has 0 saturated carbocycles. The predicted molar refractivity (Wildman–Crippen MR) is 67.0 cm³/mol. The van der Waals surface area contributed by atoms with E-state index in [1.54, 1.807) is 25.1 Å². The summed E-state index contributed by atoms with van der Waals surface area (Å²) < 4.78 is 26.1. The maximum Gasteiger partial charge on any atom is 0.242 e. The number of nitrogens with two attached hydrogens (primary N) is 1. The quantitative estimate of drug-likeness (QED) is 0.517. The fraction of sp³-hybridized carbons (Fsp3) is 0.455. The van der Waals surface area contributed by atoms with Crippen LogP contribution in [0, 0.1) is 0 Å². The van der Waals surface area contributed by atoms with Crippen LogP contribution in [-0.2, 0) is 10.0 Å². The van der Waals surface area contributed by atoms with Gasteiger partial charge in [-0.1, -0.05) is 12.1 Å². The summed E-state index contributed by atoms with van der Waals surface area (Å²) in [5.74, 6) is 0. The number of nitrogens with one attached hydrogen (secondary N) is 1. The molecule has 6 heteroatoms. The van der Waals surface area contributed by atoms with E-state index in [9.17, 15) is 8.42 Å². The van der Waals surface area contributed by atoms with Crippen molar-refractivity contribution in [2.45, 2.75) is 30.8 Å². The van der Waals surface area contributed by atoms with E-state index in [4.69, 9.17) is 10.8 Å². The highest BCUT2D eigenvalue weighted by Gasteiger charge is 2.15. The topological polar surface area (TPSA) is 92.4 Å². The van der Waals surface area contributed by atoms with Gasteiger partial charge in [0.2, 0.25) is 10.0 Å².